The monoisotopic (exact) mass is 386 g/mol. The first-order chi connectivity index (χ1) is 12.5. The topological polar surface area (TPSA) is 83.3 Å². The Labute approximate surface area is 159 Å². The highest BCUT2D eigenvalue weighted by Crippen LogP contribution is 2.40. The predicted molar refractivity (Wildman–Crippen MR) is 103 cm³/mol. The van der Waals surface area contributed by atoms with Gasteiger partial charge in [-0.1, -0.05) is 18.7 Å². The van der Waals surface area contributed by atoms with Crippen molar-refractivity contribution in [3.05, 3.63) is 40.5 Å². The van der Waals surface area contributed by atoms with Gasteiger partial charge in [-0.25, -0.2) is 9.97 Å². The molecule has 3 aromatic rings. The molecular weight excluding hydrogens is 368 g/mol. The molecule has 5 nitrogen and oxygen atoms in total. The van der Waals surface area contributed by atoms with Crippen LogP contribution in [0.1, 0.15) is 34.1 Å². The number of aromatic hydroxyl groups is 2. The SMILES string of the molecule is C[C@H]1CCc2c(sc3ncnc(SCC(=O)c4ccc(O)c(O)c4)c23)C1. The van der Waals surface area contributed by atoms with E-state index >= 15 is 0 Å². The second-order valence-corrected chi connectivity index (χ2v) is 8.67. The maximum atomic E-state index is 12.4. The standard InChI is InChI=1S/C19H18N2O3S2/c1-10-2-4-12-16(6-10)26-19-17(12)18(20-9-21-19)25-8-15(24)11-3-5-13(22)14(23)7-11/h3,5,7,9-10,22-23H,2,4,6,8H2,1H3/t10-/m0/s1. The van der Waals surface area contributed by atoms with Crippen LogP contribution in [0, 0.1) is 5.92 Å². The number of rotatable bonds is 4. The quantitative estimate of drug-likeness (QED) is 0.303. The van der Waals surface area contributed by atoms with Gasteiger partial charge < -0.3 is 10.2 Å². The fourth-order valence-electron chi connectivity index (χ4n) is 3.27. The van der Waals surface area contributed by atoms with Crippen LogP contribution in [0.25, 0.3) is 10.2 Å². The molecule has 26 heavy (non-hydrogen) atoms. The third kappa shape index (κ3) is 3.17. The molecule has 1 aliphatic carbocycles. The number of ketones is 1. The lowest BCUT2D eigenvalue weighted by Crippen LogP contribution is -2.09. The molecule has 2 aromatic heterocycles. The van der Waals surface area contributed by atoms with Crippen LogP contribution < -0.4 is 0 Å². The third-order valence-electron chi connectivity index (χ3n) is 4.69. The van der Waals surface area contributed by atoms with Gasteiger partial charge in [0.1, 0.15) is 16.2 Å². The normalized spacial score (nSPS) is 16.6. The number of phenolic OH excluding ortho intramolecular Hbond substituents is 2. The Morgan fingerprint density at radius 2 is 2.15 bits per heavy atom. The minimum absolute atomic E-state index is 0.116. The van der Waals surface area contributed by atoms with E-state index in [0.29, 0.717) is 11.5 Å². The molecule has 0 saturated heterocycles. The number of Topliss-reactive ketones (excluding diaryl/α,β-unsaturated/α-hetero) is 1. The van der Waals surface area contributed by atoms with E-state index in [2.05, 4.69) is 16.9 Å². The lowest BCUT2D eigenvalue weighted by atomic mass is 9.89. The van der Waals surface area contributed by atoms with Crippen molar-refractivity contribution in [2.24, 2.45) is 5.92 Å². The van der Waals surface area contributed by atoms with Gasteiger partial charge in [0.2, 0.25) is 0 Å². The number of thiophene rings is 1. The zero-order chi connectivity index (χ0) is 18.3. The smallest absolute Gasteiger partial charge is 0.173 e. The zero-order valence-corrected chi connectivity index (χ0v) is 15.9. The summed E-state index contributed by atoms with van der Waals surface area (Å²) in [4.78, 5) is 23.7. The Morgan fingerprint density at radius 1 is 1.31 bits per heavy atom. The Bertz CT molecular complexity index is 1000. The number of hydrogen-bond donors (Lipinski definition) is 2. The summed E-state index contributed by atoms with van der Waals surface area (Å²) in [6.07, 6.45) is 4.86. The number of aromatic nitrogens is 2. The van der Waals surface area contributed by atoms with Gasteiger partial charge >= 0.3 is 0 Å². The van der Waals surface area contributed by atoms with Gasteiger partial charge in [0, 0.05) is 15.8 Å². The van der Waals surface area contributed by atoms with Crippen LogP contribution >= 0.6 is 23.1 Å². The number of benzene rings is 1. The second kappa shape index (κ2) is 6.89. The fourth-order valence-corrected chi connectivity index (χ4v) is 5.61. The maximum Gasteiger partial charge on any atom is 0.173 e. The Morgan fingerprint density at radius 3 is 2.96 bits per heavy atom. The molecule has 0 amide bonds. The number of hydrogen-bond acceptors (Lipinski definition) is 7. The Hall–Kier alpha value is -2.12. The van der Waals surface area contributed by atoms with Crippen LogP contribution in [0.5, 0.6) is 11.5 Å². The summed E-state index contributed by atoms with van der Waals surface area (Å²) in [7, 11) is 0. The van der Waals surface area contributed by atoms with E-state index in [1.54, 1.807) is 17.7 Å². The molecule has 1 atom stereocenters. The molecular formula is C19H18N2O3S2. The predicted octanol–water partition coefficient (Wildman–Crippen LogP) is 4.20. The zero-order valence-electron chi connectivity index (χ0n) is 14.2. The summed E-state index contributed by atoms with van der Waals surface area (Å²) in [5.74, 6) is 0.285. The number of carbonyl (C=O) groups is 1. The highest BCUT2D eigenvalue weighted by molar-refractivity contribution is 8.00. The van der Waals surface area contributed by atoms with E-state index in [1.165, 1.54) is 46.8 Å². The number of nitrogens with zero attached hydrogens (tertiary/aromatic N) is 2. The van der Waals surface area contributed by atoms with Crippen LogP contribution in [0.2, 0.25) is 0 Å². The average Bonchev–Trinajstić information content (AvgIpc) is 2.99. The van der Waals surface area contributed by atoms with Gasteiger partial charge in [0.25, 0.3) is 0 Å². The van der Waals surface area contributed by atoms with Crippen LogP contribution in [-0.2, 0) is 12.8 Å². The molecule has 0 bridgehead atoms. The van der Waals surface area contributed by atoms with Crippen molar-refractivity contribution in [3.63, 3.8) is 0 Å². The van der Waals surface area contributed by atoms with E-state index in [9.17, 15) is 15.0 Å². The van der Waals surface area contributed by atoms with Crippen molar-refractivity contribution in [1.82, 2.24) is 9.97 Å². The van der Waals surface area contributed by atoms with Crippen molar-refractivity contribution in [3.8, 4) is 11.5 Å². The van der Waals surface area contributed by atoms with E-state index in [1.807, 2.05) is 0 Å². The summed E-state index contributed by atoms with van der Waals surface area (Å²) in [5, 5.41) is 20.9. The second-order valence-electron chi connectivity index (χ2n) is 6.63. The molecule has 1 aliphatic rings. The summed E-state index contributed by atoms with van der Waals surface area (Å²) in [6.45, 7) is 2.28. The summed E-state index contributed by atoms with van der Waals surface area (Å²) >= 11 is 3.14. The molecule has 0 spiro atoms. The van der Waals surface area contributed by atoms with Crippen molar-refractivity contribution >= 4 is 39.1 Å². The van der Waals surface area contributed by atoms with Gasteiger partial charge in [-0.05, 0) is 48.9 Å². The lowest BCUT2D eigenvalue weighted by Gasteiger charge is -2.18. The van der Waals surface area contributed by atoms with E-state index in [-0.39, 0.29) is 23.0 Å². The molecule has 0 radical (unpaired) electrons. The maximum absolute atomic E-state index is 12.4. The molecule has 0 fully saturated rings. The number of thioether (sulfide) groups is 1. The molecule has 4 rings (SSSR count). The van der Waals surface area contributed by atoms with Crippen LogP contribution in [0.15, 0.2) is 29.6 Å². The number of fused-ring (bicyclic) bond motifs is 3. The first kappa shape index (κ1) is 17.3. The van der Waals surface area contributed by atoms with Crippen molar-refractivity contribution in [2.75, 3.05) is 5.75 Å². The molecule has 134 valence electrons. The third-order valence-corrected chi connectivity index (χ3v) is 6.85. The summed E-state index contributed by atoms with van der Waals surface area (Å²) in [6, 6.07) is 4.13. The Balaban J connectivity index is 1.59. The van der Waals surface area contributed by atoms with E-state index in [4.69, 9.17) is 0 Å². The van der Waals surface area contributed by atoms with Crippen molar-refractivity contribution in [2.45, 2.75) is 31.2 Å². The minimum Gasteiger partial charge on any atom is -0.504 e. The number of aryl methyl sites for hydroxylation is 1. The minimum atomic E-state index is -0.286. The highest BCUT2D eigenvalue weighted by atomic mass is 32.2. The van der Waals surface area contributed by atoms with Crippen molar-refractivity contribution < 1.29 is 15.0 Å². The van der Waals surface area contributed by atoms with Gasteiger partial charge in [0.05, 0.1) is 5.75 Å². The van der Waals surface area contributed by atoms with E-state index < -0.39 is 0 Å². The number of phenols is 2. The molecule has 1 aromatic carbocycles. The van der Waals surface area contributed by atoms with Gasteiger partial charge in [-0.2, -0.15) is 0 Å². The molecule has 0 aliphatic heterocycles. The average molecular weight is 386 g/mol. The Kier molecular flexibility index (Phi) is 4.58. The molecule has 2 N–H and O–H groups in total. The van der Waals surface area contributed by atoms with Gasteiger partial charge in [-0.3, -0.25) is 4.79 Å². The van der Waals surface area contributed by atoms with Crippen LogP contribution in [0.4, 0.5) is 0 Å². The van der Waals surface area contributed by atoms with Crippen LogP contribution in [-0.4, -0.2) is 31.7 Å². The van der Waals surface area contributed by atoms with Crippen LogP contribution in [0.3, 0.4) is 0 Å². The largest absolute Gasteiger partial charge is 0.504 e. The molecule has 2 heterocycles. The summed E-state index contributed by atoms with van der Waals surface area (Å²) in [5.41, 5.74) is 1.72. The summed E-state index contributed by atoms with van der Waals surface area (Å²) < 4.78 is 0. The first-order valence-corrected chi connectivity index (χ1v) is 10.3. The lowest BCUT2D eigenvalue weighted by molar-refractivity contribution is 0.102. The van der Waals surface area contributed by atoms with E-state index in [0.717, 1.165) is 28.1 Å². The molecule has 0 unspecified atom stereocenters. The van der Waals surface area contributed by atoms with Gasteiger partial charge in [0.15, 0.2) is 17.3 Å². The first-order valence-electron chi connectivity index (χ1n) is 8.46. The molecule has 7 heteroatoms. The number of carbonyl (C=O) groups excluding carboxylic acids is 1. The molecule has 0 saturated carbocycles. The van der Waals surface area contributed by atoms with Crippen molar-refractivity contribution in [1.29, 1.82) is 0 Å². The fraction of sp³-hybridized carbons (Fsp3) is 0.316. The van der Waals surface area contributed by atoms with Gasteiger partial charge in [-0.15, -0.1) is 11.3 Å². The highest BCUT2D eigenvalue weighted by Gasteiger charge is 2.23.